The summed E-state index contributed by atoms with van der Waals surface area (Å²) in [6.07, 6.45) is 1.80. The van der Waals surface area contributed by atoms with Crippen LogP contribution < -0.4 is 5.32 Å². The molecule has 1 aromatic carbocycles. The van der Waals surface area contributed by atoms with E-state index in [9.17, 15) is 14.4 Å². The number of β-lactam (4-membered cyclic amide) rings is 1. The molecule has 0 radical (unpaired) electrons. The topological polar surface area (TPSA) is 91.4 Å². The lowest BCUT2D eigenvalue weighted by Crippen LogP contribution is -2.74. The monoisotopic (exact) mass is 560 g/mol. The molecule has 0 aromatic heterocycles. The maximum atomic E-state index is 13.7. The quantitative estimate of drug-likeness (QED) is 0.294. The van der Waals surface area contributed by atoms with E-state index in [0.29, 0.717) is 39.1 Å². The first-order valence-corrected chi connectivity index (χ1v) is 14.8. The van der Waals surface area contributed by atoms with Crippen molar-refractivity contribution in [2.45, 2.75) is 92.0 Å². The zero-order valence-electron chi connectivity index (χ0n) is 26.2. The highest BCUT2D eigenvalue weighted by Crippen LogP contribution is 2.47. The lowest BCUT2D eigenvalue weighted by molar-refractivity contribution is -0.238. The van der Waals surface area contributed by atoms with Gasteiger partial charge in [-0.05, 0) is 59.6 Å². The van der Waals surface area contributed by atoms with Crippen molar-refractivity contribution in [1.82, 2.24) is 20.0 Å². The smallest absolute Gasteiger partial charge is 0.326 e. The van der Waals surface area contributed by atoms with Crippen molar-refractivity contribution < 1.29 is 23.9 Å². The van der Waals surface area contributed by atoms with Crippen LogP contribution in [0, 0.1) is 12.3 Å². The van der Waals surface area contributed by atoms with Crippen LogP contribution in [0.15, 0.2) is 24.3 Å². The number of imide groups is 1. The first-order valence-electron chi connectivity index (χ1n) is 14.8. The largest absolute Gasteiger partial charge is 0.383 e. The third kappa shape index (κ3) is 7.62. The van der Waals surface area contributed by atoms with E-state index in [2.05, 4.69) is 17.1 Å². The second-order valence-corrected chi connectivity index (χ2v) is 11.4. The van der Waals surface area contributed by atoms with Crippen LogP contribution in [0.2, 0.25) is 0 Å². The predicted molar refractivity (Wildman–Crippen MR) is 158 cm³/mol. The maximum absolute atomic E-state index is 13.7. The Labute approximate surface area is 241 Å². The molecule has 0 spiro atoms. The second-order valence-electron chi connectivity index (χ2n) is 11.4. The first-order chi connectivity index (χ1) is 18.9. The Bertz CT molecular complexity index is 976. The lowest BCUT2D eigenvalue weighted by atomic mass is 9.71. The normalized spacial score (nSPS) is 17.5. The Hall–Kier alpha value is -2.49. The van der Waals surface area contributed by atoms with Gasteiger partial charge in [-0.2, -0.15) is 0 Å². The van der Waals surface area contributed by atoms with Crippen molar-refractivity contribution in [1.29, 1.82) is 0 Å². The van der Waals surface area contributed by atoms with Gasteiger partial charge < -0.3 is 24.6 Å². The van der Waals surface area contributed by atoms with E-state index in [-0.39, 0.29) is 17.9 Å². The van der Waals surface area contributed by atoms with Crippen LogP contribution in [0.1, 0.15) is 84.4 Å². The number of hydrogen-bond acceptors (Lipinski definition) is 6. The molecule has 226 valence electrons. The summed E-state index contributed by atoms with van der Waals surface area (Å²) in [5.41, 5.74) is 0.0478. The number of carbonyl (C=O) groups excluding carboxylic acids is 3. The fourth-order valence-corrected chi connectivity index (χ4v) is 5.29. The summed E-state index contributed by atoms with van der Waals surface area (Å²) < 4.78 is 11.6. The van der Waals surface area contributed by atoms with Gasteiger partial charge in [-0.25, -0.2) is 9.69 Å². The van der Waals surface area contributed by atoms with Crippen LogP contribution in [0.3, 0.4) is 0 Å². The molecule has 2 rings (SSSR count). The van der Waals surface area contributed by atoms with Crippen LogP contribution >= 0.6 is 0 Å². The van der Waals surface area contributed by atoms with Crippen molar-refractivity contribution in [3.05, 3.63) is 35.4 Å². The fraction of sp³-hybridized carbons (Fsp3) is 0.710. The molecule has 4 amide bonds. The number of rotatable bonds is 16. The molecular formula is C31H52N4O5. The van der Waals surface area contributed by atoms with Gasteiger partial charge in [0, 0.05) is 33.3 Å². The Balaban J connectivity index is 2.24. The minimum absolute atomic E-state index is 0.167. The number of urea groups is 1. The Morgan fingerprint density at radius 3 is 2.23 bits per heavy atom. The van der Waals surface area contributed by atoms with Crippen LogP contribution in [0.5, 0.6) is 0 Å². The molecule has 9 nitrogen and oxygen atoms in total. The number of ether oxygens (including phenoxy) is 2. The number of nitrogens with zero attached hydrogens (tertiary/aromatic N) is 3. The number of likely N-dealkylation sites (N-methyl/N-ethyl adjacent to an activating group) is 2. The van der Waals surface area contributed by atoms with Gasteiger partial charge in [0.1, 0.15) is 5.60 Å². The molecule has 9 heteroatoms. The highest BCUT2D eigenvalue weighted by Gasteiger charge is 2.63. The number of likely N-dealkylation sites (tertiary alicyclic amines) is 1. The van der Waals surface area contributed by atoms with Crippen molar-refractivity contribution >= 4 is 17.8 Å². The van der Waals surface area contributed by atoms with E-state index in [1.165, 1.54) is 4.90 Å². The molecule has 1 heterocycles. The molecule has 1 aromatic rings. The van der Waals surface area contributed by atoms with E-state index in [0.717, 1.165) is 30.5 Å². The van der Waals surface area contributed by atoms with Crippen LogP contribution in [-0.4, -0.2) is 91.3 Å². The standard InChI is InChI=1S/C31H52N4O5/c1-10-14-25(24-17-15-23(5)16-18-24)32-29(38)35-27(37)31(11-2,12-3)28(35)40-30(6,7)26(36)34(13-4)20-19-33(8)21-22-39-9/h15-18,25,28H,10-14,19-22H2,1-9H3,(H,32,38). The van der Waals surface area contributed by atoms with E-state index >= 15 is 0 Å². The van der Waals surface area contributed by atoms with Crippen LogP contribution in [-0.2, 0) is 19.1 Å². The van der Waals surface area contributed by atoms with Gasteiger partial charge >= 0.3 is 6.03 Å². The average Bonchev–Trinajstić information content (AvgIpc) is 2.92. The Morgan fingerprint density at radius 1 is 1.07 bits per heavy atom. The number of hydrogen-bond donors (Lipinski definition) is 1. The number of aryl methyl sites for hydroxylation is 1. The third-order valence-corrected chi connectivity index (χ3v) is 8.21. The van der Waals surface area contributed by atoms with Crippen molar-refractivity contribution in [3.63, 3.8) is 0 Å². The van der Waals surface area contributed by atoms with E-state index < -0.39 is 23.3 Å². The molecule has 40 heavy (non-hydrogen) atoms. The summed E-state index contributed by atoms with van der Waals surface area (Å²) in [6, 6.07) is 7.35. The molecule has 1 fully saturated rings. The van der Waals surface area contributed by atoms with Gasteiger partial charge in [-0.15, -0.1) is 0 Å². The highest BCUT2D eigenvalue weighted by molar-refractivity contribution is 6.03. The van der Waals surface area contributed by atoms with Gasteiger partial charge in [-0.3, -0.25) is 9.59 Å². The summed E-state index contributed by atoms with van der Waals surface area (Å²) in [4.78, 5) is 45.8. The predicted octanol–water partition coefficient (Wildman–Crippen LogP) is 4.74. The van der Waals surface area contributed by atoms with E-state index in [1.807, 2.05) is 59.0 Å². The van der Waals surface area contributed by atoms with E-state index in [4.69, 9.17) is 9.47 Å². The molecule has 2 atom stereocenters. The van der Waals surface area contributed by atoms with Crippen molar-refractivity contribution in [2.24, 2.45) is 5.41 Å². The average molecular weight is 561 g/mol. The molecule has 0 aliphatic carbocycles. The Morgan fingerprint density at radius 2 is 1.70 bits per heavy atom. The molecule has 0 bridgehead atoms. The zero-order valence-corrected chi connectivity index (χ0v) is 26.2. The van der Waals surface area contributed by atoms with Crippen LogP contribution in [0.25, 0.3) is 0 Å². The molecule has 0 saturated carbocycles. The minimum Gasteiger partial charge on any atom is -0.383 e. The Kier molecular flexibility index (Phi) is 12.6. The molecule has 1 N–H and O–H groups in total. The van der Waals surface area contributed by atoms with Crippen molar-refractivity contribution in [3.8, 4) is 0 Å². The summed E-state index contributed by atoms with van der Waals surface area (Å²) >= 11 is 0. The maximum Gasteiger partial charge on any atom is 0.326 e. The summed E-state index contributed by atoms with van der Waals surface area (Å²) in [5, 5.41) is 3.08. The van der Waals surface area contributed by atoms with Gasteiger partial charge in [0.2, 0.25) is 5.91 Å². The molecular weight excluding hydrogens is 508 g/mol. The van der Waals surface area contributed by atoms with Crippen molar-refractivity contribution in [2.75, 3.05) is 46.9 Å². The summed E-state index contributed by atoms with van der Waals surface area (Å²) in [5.74, 6) is -0.422. The van der Waals surface area contributed by atoms with Gasteiger partial charge in [0.05, 0.1) is 18.1 Å². The third-order valence-electron chi connectivity index (χ3n) is 8.21. The van der Waals surface area contributed by atoms with Gasteiger partial charge in [-0.1, -0.05) is 57.0 Å². The van der Waals surface area contributed by atoms with Gasteiger partial charge in [0.15, 0.2) is 6.23 Å². The number of benzene rings is 1. The number of amides is 4. The SMILES string of the molecule is CCCC(NC(=O)N1C(=O)C(CC)(CC)C1OC(C)(C)C(=O)N(CC)CCN(C)CCOC)c1ccc(C)cc1. The number of methoxy groups -OCH3 is 1. The fourth-order valence-electron chi connectivity index (χ4n) is 5.29. The zero-order chi connectivity index (χ0) is 30.1. The highest BCUT2D eigenvalue weighted by atomic mass is 16.5. The molecule has 2 unspecified atom stereocenters. The van der Waals surface area contributed by atoms with E-state index in [1.54, 1.807) is 25.9 Å². The second kappa shape index (κ2) is 14.9. The summed E-state index contributed by atoms with van der Waals surface area (Å²) in [7, 11) is 3.66. The summed E-state index contributed by atoms with van der Waals surface area (Å²) in [6.45, 7) is 16.5. The molecule has 1 aliphatic heterocycles. The van der Waals surface area contributed by atoms with Gasteiger partial charge in [0.25, 0.3) is 5.91 Å². The lowest BCUT2D eigenvalue weighted by Gasteiger charge is -2.55. The minimum atomic E-state index is -1.24. The van der Waals surface area contributed by atoms with Crippen LogP contribution in [0.4, 0.5) is 4.79 Å². The number of carbonyl (C=O) groups is 3. The molecule has 1 saturated heterocycles. The number of nitrogens with one attached hydrogen (secondary N) is 1. The first kappa shape index (κ1) is 33.7. The molecule has 1 aliphatic rings.